The van der Waals surface area contributed by atoms with Gasteiger partial charge in [0.05, 0.1) is 19.1 Å². The number of hydrogen-bond acceptors (Lipinski definition) is 3. The van der Waals surface area contributed by atoms with Gasteiger partial charge in [0.2, 0.25) is 5.91 Å². The van der Waals surface area contributed by atoms with Gasteiger partial charge in [-0.25, -0.2) is 0 Å². The third kappa shape index (κ3) is 2.52. The fourth-order valence-corrected chi connectivity index (χ4v) is 3.54. The van der Waals surface area contributed by atoms with Crippen LogP contribution in [0.1, 0.15) is 19.3 Å². The topological polar surface area (TPSA) is 66.8 Å². The minimum atomic E-state index is -0.873. The van der Waals surface area contributed by atoms with Crippen LogP contribution in [0.2, 0.25) is 0 Å². The fraction of sp³-hybridized carbons (Fsp3) is 0.714. The van der Waals surface area contributed by atoms with E-state index in [4.69, 9.17) is 9.84 Å². The van der Waals surface area contributed by atoms with Crippen molar-refractivity contribution in [1.82, 2.24) is 4.90 Å². The lowest BCUT2D eigenvalue weighted by molar-refractivity contribution is -0.150. The monoisotopic (exact) mass is 265 g/mol. The molecule has 1 N–H and O–H groups in total. The van der Waals surface area contributed by atoms with Gasteiger partial charge in [0.25, 0.3) is 0 Å². The zero-order valence-electron chi connectivity index (χ0n) is 10.8. The van der Waals surface area contributed by atoms with Gasteiger partial charge in [-0.05, 0) is 24.7 Å². The predicted octanol–water partition coefficient (Wildman–Crippen LogP) is 0.901. The SMILES string of the molecule is O=C(O)C[C@@H]1CN(C(=O)[C@H]2C[C@H]3C=C[C@H]2C3)CCO1. The van der Waals surface area contributed by atoms with E-state index in [1.54, 1.807) is 4.90 Å². The van der Waals surface area contributed by atoms with Crippen molar-refractivity contribution in [2.24, 2.45) is 17.8 Å². The van der Waals surface area contributed by atoms with Crippen LogP contribution in [0.4, 0.5) is 0 Å². The Labute approximate surface area is 112 Å². The molecule has 0 unspecified atom stereocenters. The molecule has 0 aromatic carbocycles. The normalized spacial score (nSPS) is 36.7. The highest BCUT2D eigenvalue weighted by atomic mass is 16.5. The van der Waals surface area contributed by atoms with Gasteiger partial charge >= 0.3 is 5.97 Å². The van der Waals surface area contributed by atoms with Gasteiger partial charge in [-0.1, -0.05) is 12.2 Å². The van der Waals surface area contributed by atoms with Crippen LogP contribution < -0.4 is 0 Å². The number of amides is 1. The number of carbonyl (C=O) groups is 2. The smallest absolute Gasteiger partial charge is 0.306 e. The van der Waals surface area contributed by atoms with Crippen molar-refractivity contribution in [3.63, 3.8) is 0 Å². The van der Waals surface area contributed by atoms with E-state index in [9.17, 15) is 9.59 Å². The minimum absolute atomic E-state index is 0.0274. The molecule has 2 fully saturated rings. The summed E-state index contributed by atoms with van der Waals surface area (Å²) in [4.78, 5) is 25.0. The number of hydrogen-bond donors (Lipinski definition) is 1. The van der Waals surface area contributed by atoms with Gasteiger partial charge in [-0.3, -0.25) is 9.59 Å². The molecule has 3 rings (SSSR count). The van der Waals surface area contributed by atoms with E-state index in [-0.39, 0.29) is 24.3 Å². The third-order valence-electron chi connectivity index (χ3n) is 4.45. The quantitative estimate of drug-likeness (QED) is 0.770. The molecule has 2 bridgehead atoms. The first-order valence-electron chi connectivity index (χ1n) is 6.94. The Morgan fingerprint density at radius 3 is 2.79 bits per heavy atom. The molecule has 1 aliphatic heterocycles. The van der Waals surface area contributed by atoms with Crippen molar-refractivity contribution in [1.29, 1.82) is 0 Å². The molecule has 1 saturated heterocycles. The highest BCUT2D eigenvalue weighted by Gasteiger charge is 2.42. The molecule has 4 atom stereocenters. The first kappa shape index (κ1) is 12.7. The number of nitrogens with zero attached hydrogens (tertiary/aromatic N) is 1. The lowest BCUT2D eigenvalue weighted by Gasteiger charge is -2.35. The molecule has 1 amide bonds. The van der Waals surface area contributed by atoms with Crippen LogP contribution in [0, 0.1) is 17.8 Å². The highest BCUT2D eigenvalue weighted by molar-refractivity contribution is 5.80. The molecule has 104 valence electrons. The number of rotatable bonds is 3. The van der Waals surface area contributed by atoms with Gasteiger partial charge < -0.3 is 14.7 Å². The fourth-order valence-electron chi connectivity index (χ4n) is 3.54. The first-order chi connectivity index (χ1) is 9.13. The summed E-state index contributed by atoms with van der Waals surface area (Å²) in [5.74, 6) is 0.407. The third-order valence-corrected chi connectivity index (χ3v) is 4.45. The Balaban J connectivity index is 1.60. The molecule has 0 radical (unpaired) electrons. The molecule has 5 nitrogen and oxygen atoms in total. The Kier molecular flexibility index (Phi) is 3.31. The van der Waals surface area contributed by atoms with Crippen LogP contribution in [0.3, 0.4) is 0 Å². The maximum Gasteiger partial charge on any atom is 0.306 e. The van der Waals surface area contributed by atoms with E-state index in [0.717, 1.165) is 12.8 Å². The molecule has 1 saturated carbocycles. The summed E-state index contributed by atoms with van der Waals surface area (Å²) in [7, 11) is 0. The number of aliphatic carboxylic acids is 1. The van der Waals surface area contributed by atoms with E-state index in [1.165, 1.54) is 0 Å². The first-order valence-corrected chi connectivity index (χ1v) is 6.94. The largest absolute Gasteiger partial charge is 0.481 e. The minimum Gasteiger partial charge on any atom is -0.481 e. The van der Waals surface area contributed by atoms with Gasteiger partial charge in [0.1, 0.15) is 0 Å². The van der Waals surface area contributed by atoms with Crippen LogP contribution in [0.25, 0.3) is 0 Å². The number of allylic oxidation sites excluding steroid dienone is 2. The van der Waals surface area contributed by atoms with Crippen LogP contribution in [-0.4, -0.2) is 47.7 Å². The van der Waals surface area contributed by atoms with Crippen LogP contribution in [0.15, 0.2) is 12.2 Å². The number of carbonyl (C=O) groups excluding carboxylic acids is 1. The second kappa shape index (κ2) is 4.96. The van der Waals surface area contributed by atoms with E-state index in [1.807, 2.05) is 0 Å². The summed E-state index contributed by atoms with van der Waals surface area (Å²) in [6, 6.07) is 0. The average molecular weight is 265 g/mol. The van der Waals surface area contributed by atoms with E-state index < -0.39 is 5.97 Å². The maximum atomic E-state index is 12.5. The van der Waals surface area contributed by atoms with Gasteiger partial charge in [0.15, 0.2) is 0 Å². The molecular formula is C14H19NO4. The lowest BCUT2D eigenvalue weighted by atomic mass is 9.92. The summed E-state index contributed by atoms with van der Waals surface area (Å²) < 4.78 is 5.41. The molecule has 1 heterocycles. The van der Waals surface area contributed by atoms with Crippen molar-refractivity contribution < 1.29 is 19.4 Å². The molecule has 19 heavy (non-hydrogen) atoms. The van der Waals surface area contributed by atoms with E-state index >= 15 is 0 Å². The van der Waals surface area contributed by atoms with Crippen molar-refractivity contribution in [3.8, 4) is 0 Å². The lowest BCUT2D eigenvalue weighted by Crippen LogP contribution is -2.48. The molecule has 0 spiro atoms. The second-order valence-corrected chi connectivity index (χ2v) is 5.76. The average Bonchev–Trinajstić information content (AvgIpc) is 2.99. The van der Waals surface area contributed by atoms with Gasteiger partial charge in [-0.2, -0.15) is 0 Å². The summed E-state index contributed by atoms with van der Waals surface area (Å²) in [5.41, 5.74) is 0. The predicted molar refractivity (Wildman–Crippen MR) is 67.4 cm³/mol. The second-order valence-electron chi connectivity index (χ2n) is 5.76. The Morgan fingerprint density at radius 2 is 2.16 bits per heavy atom. The summed E-state index contributed by atoms with van der Waals surface area (Å²) >= 11 is 0. The van der Waals surface area contributed by atoms with E-state index in [0.29, 0.717) is 31.5 Å². The molecule has 2 aliphatic carbocycles. The zero-order chi connectivity index (χ0) is 13.4. The Morgan fingerprint density at radius 1 is 1.32 bits per heavy atom. The van der Waals surface area contributed by atoms with Crippen molar-refractivity contribution >= 4 is 11.9 Å². The van der Waals surface area contributed by atoms with Crippen LogP contribution in [-0.2, 0) is 14.3 Å². The summed E-state index contributed by atoms with van der Waals surface area (Å²) in [5, 5.41) is 8.80. The number of ether oxygens (including phenoxy) is 1. The van der Waals surface area contributed by atoms with Gasteiger partial charge in [0, 0.05) is 19.0 Å². The molecular weight excluding hydrogens is 246 g/mol. The summed E-state index contributed by atoms with van der Waals surface area (Å²) in [6.07, 6.45) is 6.08. The Hall–Kier alpha value is -1.36. The molecule has 3 aliphatic rings. The summed E-state index contributed by atoms with van der Waals surface area (Å²) in [6.45, 7) is 1.45. The highest BCUT2D eigenvalue weighted by Crippen LogP contribution is 2.44. The Bertz CT molecular complexity index is 420. The number of fused-ring (bicyclic) bond motifs is 2. The number of carboxylic acid groups (broad SMARTS) is 1. The van der Waals surface area contributed by atoms with Crippen LogP contribution in [0.5, 0.6) is 0 Å². The van der Waals surface area contributed by atoms with Crippen molar-refractivity contribution in [3.05, 3.63) is 12.2 Å². The van der Waals surface area contributed by atoms with Crippen molar-refractivity contribution in [2.45, 2.75) is 25.4 Å². The van der Waals surface area contributed by atoms with Gasteiger partial charge in [-0.15, -0.1) is 0 Å². The maximum absolute atomic E-state index is 12.5. The standard InChI is InChI=1S/C14H19NO4/c16-13(17)7-11-8-15(3-4-19-11)14(18)12-6-9-1-2-10(12)5-9/h1-2,9-12H,3-8H2,(H,16,17)/t9-,10-,11+,12-/m0/s1. The number of morpholine rings is 1. The molecule has 0 aromatic rings. The number of carboxylic acids is 1. The molecule has 5 heteroatoms. The van der Waals surface area contributed by atoms with Crippen LogP contribution >= 0.6 is 0 Å². The molecule has 0 aromatic heterocycles. The van der Waals surface area contributed by atoms with Crippen molar-refractivity contribution in [2.75, 3.05) is 19.7 Å². The van der Waals surface area contributed by atoms with E-state index in [2.05, 4.69) is 12.2 Å². The zero-order valence-corrected chi connectivity index (χ0v) is 10.8.